The molecular weight excluding hydrogens is 162 g/mol. The van der Waals surface area contributed by atoms with E-state index in [1.807, 2.05) is 6.92 Å². The molecule has 1 saturated heterocycles. The highest BCUT2D eigenvalue weighted by Crippen LogP contribution is 2.27. The van der Waals surface area contributed by atoms with E-state index in [0.29, 0.717) is 12.2 Å². The lowest BCUT2D eigenvalue weighted by Crippen LogP contribution is -2.29. The van der Waals surface area contributed by atoms with Crippen LogP contribution < -0.4 is 5.32 Å². The largest absolute Gasteiger partial charge is 0.316 e. The average molecular weight is 179 g/mol. The molecular formula is C11H17NO. The Morgan fingerprint density at radius 3 is 3.00 bits per heavy atom. The summed E-state index contributed by atoms with van der Waals surface area (Å²) in [5.41, 5.74) is -0.116. The zero-order valence-electron chi connectivity index (χ0n) is 8.23. The number of unbranched alkanes of at least 4 members (excludes halogenated alkanes) is 1. The second-order valence-electron chi connectivity index (χ2n) is 3.97. The Morgan fingerprint density at radius 1 is 1.69 bits per heavy atom. The molecule has 0 aromatic rings. The summed E-state index contributed by atoms with van der Waals surface area (Å²) in [7, 11) is 0. The first-order valence-corrected chi connectivity index (χ1v) is 4.86. The van der Waals surface area contributed by atoms with Crippen LogP contribution in [0, 0.1) is 17.8 Å². The van der Waals surface area contributed by atoms with E-state index in [4.69, 9.17) is 6.42 Å². The third-order valence-corrected chi connectivity index (χ3v) is 2.77. The van der Waals surface area contributed by atoms with Gasteiger partial charge in [-0.15, -0.1) is 12.3 Å². The fourth-order valence-electron chi connectivity index (χ4n) is 1.71. The van der Waals surface area contributed by atoms with Crippen molar-refractivity contribution in [3.63, 3.8) is 0 Å². The van der Waals surface area contributed by atoms with Crippen LogP contribution in [0.15, 0.2) is 0 Å². The van der Waals surface area contributed by atoms with Gasteiger partial charge in [-0.3, -0.25) is 4.79 Å². The molecule has 0 aromatic heterocycles. The molecule has 1 rings (SSSR count). The monoisotopic (exact) mass is 179 g/mol. The number of ketones is 1. The Balaban J connectivity index is 2.34. The van der Waals surface area contributed by atoms with Gasteiger partial charge >= 0.3 is 0 Å². The van der Waals surface area contributed by atoms with Crippen LogP contribution in [0.25, 0.3) is 0 Å². The van der Waals surface area contributed by atoms with E-state index in [0.717, 1.165) is 32.4 Å². The summed E-state index contributed by atoms with van der Waals surface area (Å²) in [5, 5.41) is 3.22. The first-order valence-electron chi connectivity index (χ1n) is 4.86. The standard InChI is InChI=1S/C11H17NO/c1-3-4-5-6-10(13)11(2)7-8-12-9-11/h1,12H,4-9H2,2H3. The molecule has 1 N–H and O–H groups in total. The summed E-state index contributed by atoms with van der Waals surface area (Å²) in [6, 6.07) is 0. The summed E-state index contributed by atoms with van der Waals surface area (Å²) in [6.07, 6.45) is 8.30. The predicted octanol–water partition coefficient (Wildman–Crippen LogP) is 1.36. The maximum absolute atomic E-state index is 11.7. The van der Waals surface area contributed by atoms with E-state index in [-0.39, 0.29) is 5.41 Å². The van der Waals surface area contributed by atoms with Gasteiger partial charge in [0.05, 0.1) is 0 Å². The van der Waals surface area contributed by atoms with Gasteiger partial charge in [-0.2, -0.15) is 0 Å². The lowest BCUT2D eigenvalue weighted by Gasteiger charge is -2.20. The smallest absolute Gasteiger partial charge is 0.140 e. The third kappa shape index (κ3) is 2.57. The quantitative estimate of drug-likeness (QED) is 0.521. The SMILES string of the molecule is C#CCCCC(=O)C1(C)CCNC1. The van der Waals surface area contributed by atoms with Crippen molar-refractivity contribution in [3.8, 4) is 12.3 Å². The molecule has 0 spiro atoms. The Kier molecular flexibility index (Phi) is 3.50. The van der Waals surface area contributed by atoms with Crippen LogP contribution in [-0.4, -0.2) is 18.9 Å². The molecule has 1 unspecified atom stereocenters. The van der Waals surface area contributed by atoms with Gasteiger partial charge in [-0.25, -0.2) is 0 Å². The minimum atomic E-state index is -0.116. The fourth-order valence-corrected chi connectivity index (χ4v) is 1.71. The van der Waals surface area contributed by atoms with Crippen molar-refractivity contribution in [2.24, 2.45) is 5.41 Å². The summed E-state index contributed by atoms with van der Waals surface area (Å²) in [4.78, 5) is 11.7. The highest BCUT2D eigenvalue weighted by Gasteiger charge is 2.34. The predicted molar refractivity (Wildman–Crippen MR) is 53.3 cm³/mol. The first-order chi connectivity index (χ1) is 6.19. The molecule has 0 bridgehead atoms. The molecule has 2 nitrogen and oxygen atoms in total. The number of hydrogen-bond acceptors (Lipinski definition) is 2. The van der Waals surface area contributed by atoms with Crippen molar-refractivity contribution < 1.29 is 4.79 Å². The van der Waals surface area contributed by atoms with Crippen LogP contribution in [0.4, 0.5) is 0 Å². The van der Waals surface area contributed by atoms with Gasteiger partial charge < -0.3 is 5.32 Å². The maximum Gasteiger partial charge on any atom is 0.140 e. The van der Waals surface area contributed by atoms with E-state index < -0.39 is 0 Å². The number of terminal acetylenes is 1. The molecule has 1 aliphatic heterocycles. The maximum atomic E-state index is 11.7. The van der Waals surface area contributed by atoms with Crippen molar-refractivity contribution in [1.82, 2.24) is 5.32 Å². The van der Waals surface area contributed by atoms with Crippen LogP contribution in [0.3, 0.4) is 0 Å². The molecule has 0 aromatic carbocycles. The molecule has 0 radical (unpaired) electrons. The van der Waals surface area contributed by atoms with Crippen molar-refractivity contribution in [2.45, 2.75) is 32.6 Å². The van der Waals surface area contributed by atoms with E-state index in [9.17, 15) is 4.79 Å². The molecule has 1 atom stereocenters. The van der Waals surface area contributed by atoms with Crippen LogP contribution in [-0.2, 0) is 4.79 Å². The topological polar surface area (TPSA) is 29.1 Å². The average Bonchev–Trinajstić information content (AvgIpc) is 2.54. The Hall–Kier alpha value is -0.810. The summed E-state index contributed by atoms with van der Waals surface area (Å²) < 4.78 is 0. The summed E-state index contributed by atoms with van der Waals surface area (Å²) >= 11 is 0. The highest BCUT2D eigenvalue weighted by atomic mass is 16.1. The van der Waals surface area contributed by atoms with Crippen LogP contribution in [0.5, 0.6) is 0 Å². The summed E-state index contributed by atoms with van der Waals surface area (Å²) in [6.45, 7) is 3.85. The van der Waals surface area contributed by atoms with Gasteiger partial charge in [0.1, 0.15) is 5.78 Å². The number of rotatable bonds is 4. The summed E-state index contributed by atoms with van der Waals surface area (Å²) in [5.74, 6) is 2.93. The highest BCUT2D eigenvalue weighted by molar-refractivity contribution is 5.85. The second kappa shape index (κ2) is 4.43. The first kappa shape index (κ1) is 10.3. The molecule has 1 heterocycles. The number of carbonyl (C=O) groups is 1. The molecule has 1 fully saturated rings. The Labute approximate surface area is 80.1 Å². The van der Waals surface area contributed by atoms with Gasteiger partial charge in [0.25, 0.3) is 0 Å². The molecule has 0 amide bonds. The normalized spacial score (nSPS) is 27.1. The van der Waals surface area contributed by atoms with Crippen molar-refractivity contribution in [1.29, 1.82) is 0 Å². The Bertz CT molecular complexity index is 221. The molecule has 1 aliphatic rings. The fraction of sp³-hybridized carbons (Fsp3) is 0.727. The molecule has 0 aliphatic carbocycles. The molecule has 0 saturated carbocycles. The van der Waals surface area contributed by atoms with Crippen LogP contribution in [0.1, 0.15) is 32.6 Å². The molecule has 13 heavy (non-hydrogen) atoms. The lowest BCUT2D eigenvalue weighted by atomic mass is 9.83. The Morgan fingerprint density at radius 2 is 2.46 bits per heavy atom. The van der Waals surface area contributed by atoms with Crippen LogP contribution >= 0.6 is 0 Å². The van der Waals surface area contributed by atoms with Gasteiger partial charge in [-0.1, -0.05) is 6.92 Å². The zero-order valence-corrected chi connectivity index (χ0v) is 8.23. The van der Waals surface area contributed by atoms with Crippen LogP contribution in [0.2, 0.25) is 0 Å². The van der Waals surface area contributed by atoms with E-state index in [2.05, 4.69) is 11.2 Å². The van der Waals surface area contributed by atoms with Gasteiger partial charge in [0.15, 0.2) is 0 Å². The second-order valence-corrected chi connectivity index (χ2v) is 3.97. The number of Topliss-reactive ketones (excluding diaryl/α,β-unsaturated/α-hetero) is 1. The van der Waals surface area contributed by atoms with Gasteiger partial charge in [0.2, 0.25) is 0 Å². The molecule has 72 valence electrons. The molecule has 2 heteroatoms. The lowest BCUT2D eigenvalue weighted by molar-refractivity contribution is -0.127. The van der Waals surface area contributed by atoms with Gasteiger partial charge in [0, 0.05) is 24.8 Å². The number of carbonyl (C=O) groups excluding carboxylic acids is 1. The van der Waals surface area contributed by atoms with Crippen molar-refractivity contribution >= 4 is 5.78 Å². The number of hydrogen-bond donors (Lipinski definition) is 1. The third-order valence-electron chi connectivity index (χ3n) is 2.77. The van der Waals surface area contributed by atoms with Gasteiger partial charge in [-0.05, 0) is 19.4 Å². The minimum absolute atomic E-state index is 0.116. The zero-order chi connectivity index (χ0) is 9.73. The van der Waals surface area contributed by atoms with E-state index in [1.165, 1.54) is 0 Å². The van der Waals surface area contributed by atoms with Crippen molar-refractivity contribution in [2.75, 3.05) is 13.1 Å². The van der Waals surface area contributed by atoms with Crippen molar-refractivity contribution in [3.05, 3.63) is 0 Å². The number of nitrogens with one attached hydrogen (secondary N) is 1. The minimum Gasteiger partial charge on any atom is -0.316 e. The van der Waals surface area contributed by atoms with E-state index in [1.54, 1.807) is 0 Å². The van der Waals surface area contributed by atoms with E-state index >= 15 is 0 Å².